The first-order valence-corrected chi connectivity index (χ1v) is 7.43. The van der Waals surface area contributed by atoms with Gasteiger partial charge in [-0.15, -0.1) is 0 Å². The van der Waals surface area contributed by atoms with Gasteiger partial charge in [0.2, 0.25) is 0 Å². The number of hydrogen-bond donors (Lipinski definition) is 1. The largest absolute Gasteiger partial charge is 0.493 e. The Hall–Kier alpha value is -1.26. The molecule has 3 rings (SSSR count). The lowest BCUT2D eigenvalue weighted by Crippen LogP contribution is -2.48. The van der Waals surface area contributed by atoms with E-state index in [4.69, 9.17) is 19.9 Å². The lowest BCUT2D eigenvalue weighted by molar-refractivity contribution is -0.153. The number of nitrogens with two attached hydrogens (primary N) is 1. The number of ether oxygens (including phenoxy) is 3. The minimum absolute atomic E-state index is 0.0911. The minimum atomic E-state index is 0.0911. The quantitative estimate of drug-likeness (QED) is 0.919. The zero-order valence-electron chi connectivity index (χ0n) is 12.1. The molecule has 0 radical (unpaired) electrons. The molecule has 1 spiro atoms. The van der Waals surface area contributed by atoms with Crippen LogP contribution in [0.2, 0.25) is 0 Å². The van der Waals surface area contributed by atoms with Crippen molar-refractivity contribution in [1.29, 1.82) is 0 Å². The van der Waals surface area contributed by atoms with Crippen LogP contribution in [0.1, 0.15) is 37.7 Å². The molecule has 2 fully saturated rings. The van der Waals surface area contributed by atoms with Crippen molar-refractivity contribution in [3.63, 3.8) is 0 Å². The van der Waals surface area contributed by atoms with Crippen molar-refractivity contribution < 1.29 is 14.2 Å². The van der Waals surface area contributed by atoms with Crippen LogP contribution in [0.4, 0.5) is 0 Å². The molecular formula is C16H23NO3. The normalized spacial score (nSPS) is 24.2. The highest BCUT2D eigenvalue weighted by molar-refractivity contribution is 5.46. The second kappa shape index (κ2) is 5.62. The van der Waals surface area contributed by atoms with Crippen LogP contribution in [-0.4, -0.2) is 25.4 Å². The van der Waals surface area contributed by atoms with Gasteiger partial charge in [-0.25, -0.2) is 0 Å². The van der Waals surface area contributed by atoms with Gasteiger partial charge in [-0.05, 0) is 25.3 Å². The predicted octanol–water partition coefficient (Wildman–Crippen LogP) is 2.63. The Bertz CT molecular complexity index is 449. The van der Waals surface area contributed by atoms with E-state index >= 15 is 0 Å². The fourth-order valence-electron chi connectivity index (χ4n) is 3.19. The summed E-state index contributed by atoms with van der Waals surface area (Å²) in [5.41, 5.74) is 6.90. The smallest absolute Gasteiger partial charge is 0.166 e. The van der Waals surface area contributed by atoms with Crippen molar-refractivity contribution in [2.75, 3.05) is 13.7 Å². The van der Waals surface area contributed by atoms with Crippen molar-refractivity contribution in [3.8, 4) is 11.5 Å². The van der Waals surface area contributed by atoms with Crippen LogP contribution < -0.4 is 15.2 Å². The summed E-state index contributed by atoms with van der Waals surface area (Å²) < 4.78 is 17.6. The predicted molar refractivity (Wildman–Crippen MR) is 77.1 cm³/mol. The Balaban J connectivity index is 1.76. The van der Waals surface area contributed by atoms with Crippen molar-refractivity contribution >= 4 is 0 Å². The summed E-state index contributed by atoms with van der Waals surface area (Å²) in [4.78, 5) is 0. The van der Waals surface area contributed by atoms with Crippen LogP contribution in [0.5, 0.6) is 11.5 Å². The molecule has 1 unspecified atom stereocenters. The lowest BCUT2D eigenvalue weighted by Gasteiger charge is -2.47. The SMILES string of the molecule is COc1cccc(CN)c1OC1CCOC2(CCC2)C1. The molecule has 0 amide bonds. The molecule has 0 bridgehead atoms. The standard InChI is InChI=1S/C16H23NO3/c1-18-14-5-2-4-12(11-17)15(14)20-13-6-9-19-16(10-13)7-3-8-16/h2,4-5,13H,3,6-11,17H2,1H3. The van der Waals surface area contributed by atoms with Crippen LogP contribution in [0.3, 0.4) is 0 Å². The first-order chi connectivity index (χ1) is 9.76. The van der Waals surface area contributed by atoms with Gasteiger partial charge in [-0.3, -0.25) is 0 Å². The molecule has 1 aromatic carbocycles. The number of hydrogen-bond acceptors (Lipinski definition) is 4. The van der Waals surface area contributed by atoms with Crippen LogP contribution in [0.15, 0.2) is 18.2 Å². The first-order valence-electron chi connectivity index (χ1n) is 7.43. The van der Waals surface area contributed by atoms with E-state index in [0.717, 1.165) is 36.5 Å². The van der Waals surface area contributed by atoms with Gasteiger partial charge in [0.25, 0.3) is 0 Å². The molecule has 4 heteroatoms. The average Bonchev–Trinajstić information content (AvgIpc) is 2.46. The van der Waals surface area contributed by atoms with Gasteiger partial charge in [0.05, 0.1) is 19.3 Å². The number of para-hydroxylation sites is 1. The van der Waals surface area contributed by atoms with Crippen LogP contribution in [0, 0.1) is 0 Å². The van der Waals surface area contributed by atoms with Crippen molar-refractivity contribution in [2.24, 2.45) is 5.73 Å². The molecule has 1 atom stereocenters. The van der Waals surface area contributed by atoms with Crippen LogP contribution >= 0.6 is 0 Å². The highest BCUT2D eigenvalue weighted by Gasteiger charge is 2.43. The molecule has 1 heterocycles. The second-order valence-electron chi connectivity index (χ2n) is 5.77. The molecule has 1 aliphatic carbocycles. The summed E-state index contributed by atoms with van der Waals surface area (Å²) in [6.45, 7) is 1.25. The molecule has 1 saturated heterocycles. The van der Waals surface area contributed by atoms with E-state index in [1.165, 1.54) is 19.3 Å². The Morgan fingerprint density at radius 2 is 2.25 bits per heavy atom. The lowest BCUT2D eigenvalue weighted by atomic mass is 9.74. The minimum Gasteiger partial charge on any atom is -0.493 e. The van der Waals surface area contributed by atoms with Gasteiger partial charge in [0.15, 0.2) is 11.5 Å². The molecule has 0 aromatic heterocycles. The summed E-state index contributed by atoms with van der Waals surface area (Å²) in [6, 6.07) is 5.87. The molecule has 1 aromatic rings. The van der Waals surface area contributed by atoms with Crippen LogP contribution in [0.25, 0.3) is 0 Å². The number of methoxy groups -OCH3 is 1. The van der Waals surface area contributed by atoms with E-state index in [0.29, 0.717) is 6.54 Å². The maximum atomic E-state index is 6.25. The van der Waals surface area contributed by atoms with E-state index in [2.05, 4.69) is 0 Å². The monoisotopic (exact) mass is 277 g/mol. The van der Waals surface area contributed by atoms with Crippen molar-refractivity contribution in [2.45, 2.75) is 50.4 Å². The molecular weight excluding hydrogens is 254 g/mol. The fourth-order valence-corrected chi connectivity index (χ4v) is 3.19. The third kappa shape index (κ3) is 2.50. The molecule has 1 aliphatic heterocycles. The third-order valence-corrected chi connectivity index (χ3v) is 4.50. The maximum absolute atomic E-state index is 6.25. The second-order valence-corrected chi connectivity index (χ2v) is 5.77. The highest BCUT2D eigenvalue weighted by Crippen LogP contribution is 2.44. The fraction of sp³-hybridized carbons (Fsp3) is 0.625. The summed E-state index contributed by atoms with van der Waals surface area (Å²) in [5.74, 6) is 1.57. The molecule has 20 heavy (non-hydrogen) atoms. The topological polar surface area (TPSA) is 53.7 Å². The zero-order valence-corrected chi connectivity index (χ0v) is 12.1. The van der Waals surface area contributed by atoms with Crippen molar-refractivity contribution in [3.05, 3.63) is 23.8 Å². The van der Waals surface area contributed by atoms with Crippen molar-refractivity contribution in [1.82, 2.24) is 0 Å². The van der Waals surface area contributed by atoms with Crippen LogP contribution in [-0.2, 0) is 11.3 Å². The van der Waals surface area contributed by atoms with E-state index in [1.807, 2.05) is 18.2 Å². The Morgan fingerprint density at radius 3 is 2.90 bits per heavy atom. The third-order valence-electron chi connectivity index (χ3n) is 4.50. The summed E-state index contributed by atoms with van der Waals surface area (Å²) >= 11 is 0. The molecule has 4 nitrogen and oxygen atoms in total. The van der Waals surface area contributed by atoms with Gasteiger partial charge in [-0.1, -0.05) is 12.1 Å². The van der Waals surface area contributed by atoms with E-state index in [1.54, 1.807) is 7.11 Å². The Morgan fingerprint density at radius 1 is 1.40 bits per heavy atom. The van der Waals surface area contributed by atoms with Gasteiger partial charge in [0.1, 0.15) is 6.10 Å². The van der Waals surface area contributed by atoms with Gasteiger partial charge < -0.3 is 19.9 Å². The summed E-state index contributed by atoms with van der Waals surface area (Å²) in [7, 11) is 1.67. The first kappa shape index (κ1) is 13.7. The van der Waals surface area contributed by atoms with E-state index in [-0.39, 0.29) is 11.7 Å². The average molecular weight is 277 g/mol. The van der Waals surface area contributed by atoms with Gasteiger partial charge >= 0.3 is 0 Å². The molecule has 110 valence electrons. The Kier molecular flexibility index (Phi) is 3.85. The molecule has 2 aliphatic rings. The maximum Gasteiger partial charge on any atom is 0.166 e. The highest BCUT2D eigenvalue weighted by atomic mass is 16.5. The van der Waals surface area contributed by atoms with E-state index < -0.39 is 0 Å². The summed E-state index contributed by atoms with van der Waals surface area (Å²) in [6.07, 6.45) is 5.73. The zero-order chi connectivity index (χ0) is 14.0. The van der Waals surface area contributed by atoms with Gasteiger partial charge in [-0.2, -0.15) is 0 Å². The van der Waals surface area contributed by atoms with E-state index in [9.17, 15) is 0 Å². The molecule has 2 N–H and O–H groups in total. The molecule has 1 saturated carbocycles. The van der Waals surface area contributed by atoms with Gasteiger partial charge in [0, 0.05) is 24.9 Å². The summed E-state index contributed by atoms with van der Waals surface area (Å²) in [5, 5.41) is 0. The number of benzene rings is 1. The Labute approximate surface area is 120 Å². The number of rotatable bonds is 4.